The van der Waals surface area contributed by atoms with Crippen LogP contribution in [0.1, 0.15) is 20.3 Å². The van der Waals surface area contributed by atoms with Crippen LogP contribution in [0.15, 0.2) is 39.9 Å². The summed E-state index contributed by atoms with van der Waals surface area (Å²) in [6, 6.07) is 8.17. The van der Waals surface area contributed by atoms with E-state index in [1.165, 1.54) is 0 Å². The van der Waals surface area contributed by atoms with E-state index < -0.39 is 35.0 Å². The van der Waals surface area contributed by atoms with E-state index in [1.807, 2.05) is 0 Å². The second-order valence-corrected chi connectivity index (χ2v) is 5.71. The molecule has 0 unspecified atom stereocenters. The second-order valence-electron chi connectivity index (χ2n) is 5.71. The molecule has 0 amide bonds. The van der Waals surface area contributed by atoms with Gasteiger partial charge in [0.1, 0.15) is 6.10 Å². The second kappa shape index (κ2) is 6.08. The highest BCUT2D eigenvalue weighted by Gasteiger charge is 2.59. The third-order valence-corrected chi connectivity index (χ3v) is 4.03. The Hall–Kier alpha value is -3.10. The number of rotatable bonds is 4. The number of carbonyl (C=O) groups excluding carboxylic acids is 2. The van der Waals surface area contributed by atoms with Gasteiger partial charge in [0.05, 0.1) is 12.3 Å². The van der Waals surface area contributed by atoms with Crippen molar-refractivity contribution in [1.82, 2.24) is 14.3 Å². The van der Waals surface area contributed by atoms with Crippen LogP contribution in [0, 0.1) is 0 Å². The number of nitrogens with zero attached hydrogens (tertiary/aromatic N) is 2. The van der Waals surface area contributed by atoms with Crippen LogP contribution in [-0.4, -0.2) is 39.0 Å². The summed E-state index contributed by atoms with van der Waals surface area (Å²) in [5, 5.41) is 2.29. The zero-order chi connectivity index (χ0) is 18.2. The maximum atomic E-state index is 12.8. The highest BCUT2D eigenvalue weighted by Crippen LogP contribution is 2.32. The third kappa shape index (κ3) is 2.48. The van der Waals surface area contributed by atoms with E-state index in [9.17, 15) is 19.2 Å². The number of benzene rings is 1. The summed E-state index contributed by atoms with van der Waals surface area (Å²) >= 11 is 0. The number of cyclic esters (lactones) is 1. The van der Waals surface area contributed by atoms with Crippen LogP contribution in [0.4, 0.5) is 0 Å². The van der Waals surface area contributed by atoms with E-state index in [4.69, 9.17) is 9.47 Å². The molecule has 1 N–H and O–H groups in total. The summed E-state index contributed by atoms with van der Waals surface area (Å²) in [6.45, 7) is 3.19. The van der Waals surface area contributed by atoms with E-state index in [1.54, 1.807) is 44.2 Å². The fraction of sp³-hybridized carbons (Fsp3) is 0.375. The molecule has 2 atom stereocenters. The SMILES string of the molecule is CCOC(=O)[C@]1(n2[nH]c(=O)n(-c3ccccc3)c2=O)C[C@@H](C)OC1=O. The van der Waals surface area contributed by atoms with E-state index in [-0.39, 0.29) is 13.0 Å². The van der Waals surface area contributed by atoms with Gasteiger partial charge in [-0.3, -0.25) is 0 Å². The molecule has 9 nitrogen and oxygen atoms in total. The zero-order valence-corrected chi connectivity index (χ0v) is 13.7. The Bertz CT molecular complexity index is 925. The van der Waals surface area contributed by atoms with Gasteiger partial charge in [0.15, 0.2) is 0 Å². The molecule has 25 heavy (non-hydrogen) atoms. The van der Waals surface area contributed by atoms with Crippen LogP contribution in [0.25, 0.3) is 5.69 Å². The van der Waals surface area contributed by atoms with Gasteiger partial charge in [-0.15, -0.1) is 0 Å². The quantitative estimate of drug-likeness (QED) is 0.611. The lowest BCUT2D eigenvalue weighted by atomic mass is 9.96. The largest absolute Gasteiger partial charge is 0.464 e. The number of H-pyrrole nitrogens is 1. The maximum absolute atomic E-state index is 12.8. The monoisotopic (exact) mass is 347 g/mol. The fourth-order valence-corrected chi connectivity index (χ4v) is 2.96. The van der Waals surface area contributed by atoms with Crippen molar-refractivity contribution in [2.24, 2.45) is 0 Å². The maximum Gasteiger partial charge on any atom is 0.353 e. The highest BCUT2D eigenvalue weighted by molar-refractivity contribution is 6.03. The minimum atomic E-state index is -2.04. The third-order valence-electron chi connectivity index (χ3n) is 4.03. The first-order valence-electron chi connectivity index (χ1n) is 7.80. The molecule has 0 aliphatic carbocycles. The van der Waals surface area contributed by atoms with E-state index >= 15 is 0 Å². The molecular formula is C16H17N3O6. The highest BCUT2D eigenvalue weighted by atomic mass is 16.6. The van der Waals surface area contributed by atoms with Crippen LogP contribution in [0.3, 0.4) is 0 Å². The summed E-state index contributed by atoms with van der Waals surface area (Å²) in [5.74, 6) is -1.87. The molecule has 2 heterocycles. The predicted molar refractivity (Wildman–Crippen MR) is 85.4 cm³/mol. The molecule has 0 saturated carbocycles. The van der Waals surface area contributed by atoms with E-state index in [0.717, 1.165) is 4.57 Å². The van der Waals surface area contributed by atoms with Crippen molar-refractivity contribution in [2.75, 3.05) is 6.61 Å². The number of ether oxygens (including phenoxy) is 2. The topological polar surface area (TPSA) is 112 Å². The number of para-hydroxylation sites is 1. The molecule has 1 saturated heterocycles. The van der Waals surface area contributed by atoms with Crippen molar-refractivity contribution in [2.45, 2.75) is 31.9 Å². The van der Waals surface area contributed by atoms with Crippen LogP contribution in [-0.2, 0) is 24.6 Å². The molecule has 1 aliphatic rings. The van der Waals surface area contributed by atoms with Crippen molar-refractivity contribution >= 4 is 11.9 Å². The van der Waals surface area contributed by atoms with Gasteiger partial charge < -0.3 is 9.47 Å². The van der Waals surface area contributed by atoms with E-state index in [2.05, 4.69) is 5.10 Å². The molecule has 1 aromatic carbocycles. The Labute approximate surface area is 141 Å². The number of carbonyl (C=O) groups is 2. The number of nitrogens with one attached hydrogen (secondary N) is 1. The summed E-state index contributed by atoms with van der Waals surface area (Å²) in [5.41, 5.74) is -3.35. The molecule has 1 fully saturated rings. The molecule has 2 aromatic rings. The van der Waals surface area contributed by atoms with Gasteiger partial charge in [-0.25, -0.2) is 33.5 Å². The number of hydrogen-bond acceptors (Lipinski definition) is 6. The fourth-order valence-electron chi connectivity index (χ4n) is 2.96. The average molecular weight is 347 g/mol. The molecule has 132 valence electrons. The van der Waals surface area contributed by atoms with Gasteiger partial charge in [0.2, 0.25) is 0 Å². The molecule has 0 bridgehead atoms. The van der Waals surface area contributed by atoms with Gasteiger partial charge in [-0.05, 0) is 26.0 Å². The molecule has 0 spiro atoms. The Balaban J connectivity index is 2.23. The lowest BCUT2D eigenvalue weighted by molar-refractivity contribution is -0.164. The van der Waals surface area contributed by atoms with Gasteiger partial charge in [0.25, 0.3) is 5.54 Å². The zero-order valence-electron chi connectivity index (χ0n) is 13.7. The predicted octanol–water partition coefficient (Wildman–Crippen LogP) is -0.0789. The normalized spacial score (nSPS) is 22.6. The van der Waals surface area contributed by atoms with Gasteiger partial charge in [-0.2, -0.15) is 0 Å². The first-order valence-corrected chi connectivity index (χ1v) is 7.80. The Morgan fingerprint density at radius 1 is 1.32 bits per heavy atom. The van der Waals surface area contributed by atoms with Crippen LogP contribution in [0.2, 0.25) is 0 Å². The van der Waals surface area contributed by atoms with Gasteiger partial charge >= 0.3 is 23.3 Å². The molecule has 0 radical (unpaired) electrons. The Morgan fingerprint density at radius 3 is 2.56 bits per heavy atom. The summed E-state index contributed by atoms with van der Waals surface area (Å²) in [7, 11) is 0. The lowest BCUT2D eigenvalue weighted by Gasteiger charge is -2.22. The van der Waals surface area contributed by atoms with Crippen LogP contribution < -0.4 is 11.4 Å². The van der Waals surface area contributed by atoms with Crippen LogP contribution >= 0.6 is 0 Å². The minimum Gasteiger partial charge on any atom is -0.464 e. The van der Waals surface area contributed by atoms with Crippen molar-refractivity contribution in [1.29, 1.82) is 0 Å². The minimum absolute atomic E-state index is 0.0145. The van der Waals surface area contributed by atoms with Crippen LogP contribution in [0.5, 0.6) is 0 Å². The summed E-state index contributed by atoms with van der Waals surface area (Å²) in [6.07, 6.45) is -0.716. The Morgan fingerprint density at radius 2 is 2.00 bits per heavy atom. The van der Waals surface area contributed by atoms with Crippen molar-refractivity contribution in [3.05, 3.63) is 51.3 Å². The first-order chi connectivity index (χ1) is 11.9. The molecule has 9 heteroatoms. The molecule has 1 aromatic heterocycles. The first kappa shape index (κ1) is 16.7. The standard InChI is InChI=1S/C16H17N3O6/c1-3-24-12(20)16(9-10(2)25-13(16)21)19-15(23)18(14(22)17-19)11-7-5-4-6-8-11/h4-8,10H,3,9H2,1-2H3,(H,17,22)/t10-,16-/m1/s1. The molecule has 3 rings (SSSR count). The summed E-state index contributed by atoms with van der Waals surface area (Å²) in [4.78, 5) is 50.1. The number of aromatic amines is 1. The van der Waals surface area contributed by atoms with Gasteiger partial charge in [0, 0.05) is 6.42 Å². The van der Waals surface area contributed by atoms with Crippen molar-refractivity contribution in [3.8, 4) is 5.69 Å². The number of aromatic nitrogens is 3. The smallest absolute Gasteiger partial charge is 0.353 e. The van der Waals surface area contributed by atoms with Crippen molar-refractivity contribution in [3.63, 3.8) is 0 Å². The average Bonchev–Trinajstić information content (AvgIpc) is 3.04. The van der Waals surface area contributed by atoms with E-state index in [0.29, 0.717) is 10.4 Å². The number of esters is 2. The van der Waals surface area contributed by atoms with Crippen molar-refractivity contribution < 1.29 is 19.1 Å². The van der Waals surface area contributed by atoms with Gasteiger partial charge in [-0.1, -0.05) is 18.2 Å². The molecular weight excluding hydrogens is 330 g/mol. The summed E-state index contributed by atoms with van der Waals surface area (Å²) < 4.78 is 11.6. The lowest BCUT2D eigenvalue weighted by Crippen LogP contribution is -2.52. The number of hydrogen-bond donors (Lipinski definition) is 1. The molecule has 1 aliphatic heterocycles. The Kier molecular flexibility index (Phi) is 4.07.